The van der Waals surface area contributed by atoms with Crippen LogP contribution in [0.15, 0.2) is 65.7 Å². The summed E-state index contributed by atoms with van der Waals surface area (Å²) in [5, 5.41) is 1.34. The lowest BCUT2D eigenvalue weighted by Gasteiger charge is -2.23. The number of nitrogens with two attached hydrogens (primary N) is 1. The van der Waals surface area contributed by atoms with Gasteiger partial charge in [-0.25, -0.2) is 9.37 Å². The van der Waals surface area contributed by atoms with Crippen molar-refractivity contribution in [3.8, 4) is 11.3 Å². The predicted molar refractivity (Wildman–Crippen MR) is 110 cm³/mol. The summed E-state index contributed by atoms with van der Waals surface area (Å²) in [5.41, 5.74) is 7.76. The number of benzene rings is 2. The number of aromatic amines is 1. The second-order valence-corrected chi connectivity index (χ2v) is 7.21. The van der Waals surface area contributed by atoms with Gasteiger partial charge in [-0.2, -0.15) is 0 Å². The Kier molecular flexibility index (Phi) is 4.47. The van der Waals surface area contributed by atoms with Crippen molar-refractivity contribution in [1.82, 2.24) is 14.5 Å². The van der Waals surface area contributed by atoms with Crippen molar-refractivity contribution < 1.29 is 4.39 Å². The fraction of sp³-hybridized carbons (Fsp3) is 0.182. The minimum atomic E-state index is -0.284. The number of aromatic nitrogens is 3. The molecule has 5 nitrogen and oxygen atoms in total. The van der Waals surface area contributed by atoms with E-state index in [1.54, 1.807) is 29.1 Å². The van der Waals surface area contributed by atoms with Crippen LogP contribution in [-0.4, -0.2) is 14.5 Å². The molecule has 142 valence electrons. The molecule has 0 saturated carbocycles. The maximum absolute atomic E-state index is 14.1. The van der Waals surface area contributed by atoms with Gasteiger partial charge < -0.3 is 15.3 Å². The number of H-pyrrole nitrogens is 1. The van der Waals surface area contributed by atoms with E-state index in [1.165, 1.54) is 6.07 Å². The number of imidazole rings is 1. The molecule has 0 saturated heterocycles. The quantitative estimate of drug-likeness (QED) is 0.556. The molecule has 0 aliphatic rings. The average Bonchev–Trinajstić information content (AvgIpc) is 3.09. The van der Waals surface area contributed by atoms with Crippen molar-refractivity contribution in [2.24, 2.45) is 5.92 Å². The number of nitrogen functional groups attached to an aromatic ring is 1. The van der Waals surface area contributed by atoms with E-state index in [0.717, 1.165) is 10.9 Å². The molecular formula is C22H21FN4O. The largest absolute Gasteiger partial charge is 0.369 e. The first-order chi connectivity index (χ1) is 13.5. The average molecular weight is 376 g/mol. The highest BCUT2D eigenvalue weighted by Gasteiger charge is 2.22. The Bertz CT molecular complexity index is 1210. The predicted octanol–water partition coefficient (Wildman–Crippen LogP) is 4.36. The van der Waals surface area contributed by atoms with Crippen LogP contribution in [0.2, 0.25) is 0 Å². The number of hydrogen-bond acceptors (Lipinski definition) is 3. The highest BCUT2D eigenvalue weighted by atomic mass is 19.1. The van der Waals surface area contributed by atoms with Crippen molar-refractivity contribution in [2.75, 3.05) is 5.73 Å². The van der Waals surface area contributed by atoms with Crippen molar-refractivity contribution >= 4 is 16.7 Å². The lowest BCUT2D eigenvalue weighted by Crippen LogP contribution is -2.25. The van der Waals surface area contributed by atoms with Gasteiger partial charge in [-0.15, -0.1) is 0 Å². The molecule has 0 fully saturated rings. The van der Waals surface area contributed by atoms with Gasteiger partial charge in [0, 0.05) is 29.0 Å². The highest BCUT2D eigenvalue weighted by Crippen LogP contribution is 2.28. The van der Waals surface area contributed by atoms with Gasteiger partial charge in [0.1, 0.15) is 5.82 Å². The van der Waals surface area contributed by atoms with Gasteiger partial charge in [-0.1, -0.05) is 38.1 Å². The third kappa shape index (κ3) is 3.07. The zero-order chi connectivity index (χ0) is 19.8. The van der Waals surface area contributed by atoms with E-state index in [2.05, 4.69) is 9.97 Å². The minimum Gasteiger partial charge on any atom is -0.369 e. The van der Waals surface area contributed by atoms with Gasteiger partial charge in [0.15, 0.2) is 0 Å². The van der Waals surface area contributed by atoms with Crippen molar-refractivity contribution in [3.05, 3.63) is 82.7 Å². The Morgan fingerprint density at radius 1 is 1.14 bits per heavy atom. The molecule has 0 radical (unpaired) electrons. The molecule has 1 unspecified atom stereocenters. The fourth-order valence-electron chi connectivity index (χ4n) is 3.68. The minimum absolute atomic E-state index is 0.137. The van der Waals surface area contributed by atoms with Crippen LogP contribution < -0.4 is 11.3 Å². The van der Waals surface area contributed by atoms with Crippen LogP contribution >= 0.6 is 0 Å². The molecule has 2 aromatic carbocycles. The maximum atomic E-state index is 14.1. The smallest absolute Gasteiger partial charge is 0.253 e. The van der Waals surface area contributed by atoms with Crippen LogP contribution in [0.1, 0.15) is 25.5 Å². The summed E-state index contributed by atoms with van der Waals surface area (Å²) in [6.07, 6.45) is 3.40. The van der Waals surface area contributed by atoms with Gasteiger partial charge in [-0.05, 0) is 41.1 Å². The van der Waals surface area contributed by atoms with Gasteiger partial charge in [0.25, 0.3) is 5.56 Å². The van der Waals surface area contributed by atoms with Crippen LogP contribution in [0.5, 0.6) is 0 Å². The van der Waals surface area contributed by atoms with E-state index >= 15 is 0 Å². The van der Waals surface area contributed by atoms with Crippen molar-refractivity contribution in [2.45, 2.75) is 19.9 Å². The Morgan fingerprint density at radius 2 is 1.96 bits per heavy atom. The normalized spacial score (nSPS) is 12.6. The topological polar surface area (TPSA) is 76.7 Å². The lowest BCUT2D eigenvalue weighted by atomic mass is 9.96. The molecule has 0 bridgehead atoms. The number of pyridine rings is 1. The molecule has 1 atom stereocenters. The first-order valence-corrected chi connectivity index (χ1v) is 9.16. The number of fused-ring (bicyclic) bond motifs is 1. The monoisotopic (exact) mass is 376 g/mol. The third-order valence-corrected chi connectivity index (χ3v) is 5.03. The number of rotatable bonds is 4. The van der Waals surface area contributed by atoms with Crippen LogP contribution in [-0.2, 0) is 0 Å². The Morgan fingerprint density at radius 3 is 2.64 bits per heavy atom. The van der Waals surface area contributed by atoms with Gasteiger partial charge >= 0.3 is 0 Å². The SMILES string of the molecule is CC(C)C(c1ccc(-c2ccc3cccc(F)c3c2)[nH]c1=O)n1ccnc1N. The molecule has 4 rings (SSSR count). The first kappa shape index (κ1) is 18.0. The Hall–Kier alpha value is -3.41. The second-order valence-electron chi connectivity index (χ2n) is 7.21. The number of anilines is 1. The zero-order valence-corrected chi connectivity index (χ0v) is 15.7. The maximum Gasteiger partial charge on any atom is 0.253 e. The number of nitrogens with one attached hydrogen (secondary N) is 1. The molecule has 6 heteroatoms. The van der Waals surface area contributed by atoms with E-state index in [-0.39, 0.29) is 23.3 Å². The Labute approximate surface area is 161 Å². The standard InChI is InChI=1S/C22H21FN4O/c1-13(2)20(27-11-10-25-22(27)24)16-8-9-19(26-21(16)28)15-7-6-14-4-3-5-18(23)17(14)12-15/h3-13,20H,1-2H3,(H2,24,25)(H,26,28). The van der Waals surface area contributed by atoms with E-state index in [9.17, 15) is 9.18 Å². The van der Waals surface area contributed by atoms with Gasteiger partial charge in [-0.3, -0.25) is 4.79 Å². The van der Waals surface area contributed by atoms with E-state index < -0.39 is 0 Å². The number of hydrogen-bond donors (Lipinski definition) is 2. The third-order valence-electron chi connectivity index (χ3n) is 5.03. The fourth-order valence-corrected chi connectivity index (χ4v) is 3.68. The summed E-state index contributed by atoms with van der Waals surface area (Å²) in [6.45, 7) is 4.06. The van der Waals surface area contributed by atoms with Crippen molar-refractivity contribution in [3.63, 3.8) is 0 Å². The summed E-state index contributed by atoms with van der Waals surface area (Å²) in [7, 11) is 0. The van der Waals surface area contributed by atoms with Crippen LogP contribution in [0.25, 0.3) is 22.0 Å². The van der Waals surface area contributed by atoms with Crippen LogP contribution in [0, 0.1) is 11.7 Å². The molecule has 3 N–H and O–H groups in total. The summed E-state index contributed by atoms with van der Waals surface area (Å²) in [4.78, 5) is 19.9. The zero-order valence-electron chi connectivity index (χ0n) is 15.7. The van der Waals surface area contributed by atoms with Crippen LogP contribution in [0.3, 0.4) is 0 Å². The van der Waals surface area contributed by atoms with E-state index in [0.29, 0.717) is 22.6 Å². The lowest BCUT2D eigenvalue weighted by molar-refractivity contribution is 0.438. The molecule has 4 aromatic rings. The first-order valence-electron chi connectivity index (χ1n) is 9.16. The molecule has 28 heavy (non-hydrogen) atoms. The summed E-state index contributed by atoms with van der Waals surface area (Å²) in [5.74, 6) is 0.221. The molecule has 0 spiro atoms. The second kappa shape index (κ2) is 6.96. The summed E-state index contributed by atoms with van der Waals surface area (Å²) >= 11 is 0. The molecular weight excluding hydrogens is 355 g/mol. The highest BCUT2D eigenvalue weighted by molar-refractivity contribution is 5.87. The van der Waals surface area contributed by atoms with Crippen molar-refractivity contribution in [1.29, 1.82) is 0 Å². The molecule has 2 heterocycles. The van der Waals surface area contributed by atoms with Crippen LogP contribution in [0.4, 0.5) is 10.3 Å². The number of nitrogens with zero attached hydrogens (tertiary/aromatic N) is 2. The molecule has 0 amide bonds. The van der Waals surface area contributed by atoms with Gasteiger partial charge in [0.05, 0.1) is 6.04 Å². The number of halogens is 1. The molecule has 2 aromatic heterocycles. The van der Waals surface area contributed by atoms with E-state index in [4.69, 9.17) is 5.73 Å². The molecule has 0 aliphatic heterocycles. The molecule has 0 aliphatic carbocycles. The summed E-state index contributed by atoms with van der Waals surface area (Å²) < 4.78 is 15.9. The summed E-state index contributed by atoms with van der Waals surface area (Å²) in [6, 6.07) is 13.9. The van der Waals surface area contributed by atoms with E-state index in [1.807, 2.05) is 44.2 Å². The van der Waals surface area contributed by atoms with Gasteiger partial charge in [0.2, 0.25) is 5.95 Å². The Balaban J connectivity index is 1.79.